The van der Waals surface area contributed by atoms with Crippen molar-refractivity contribution in [3.05, 3.63) is 11.8 Å². The van der Waals surface area contributed by atoms with Crippen LogP contribution in [0.25, 0.3) is 0 Å². The number of H-pyrrole nitrogens is 1. The Labute approximate surface area is 111 Å². The smallest absolute Gasteiger partial charge is 0.244 e. The molecule has 0 aromatic carbocycles. The summed E-state index contributed by atoms with van der Waals surface area (Å²) in [6.07, 6.45) is 0. The van der Waals surface area contributed by atoms with Crippen molar-refractivity contribution in [3.63, 3.8) is 0 Å². The minimum absolute atomic E-state index is 0.0486. The molecule has 2 amide bonds. The topological polar surface area (TPSA) is 98.9 Å². The summed E-state index contributed by atoms with van der Waals surface area (Å²) >= 11 is 0. The maximum Gasteiger partial charge on any atom is 0.244 e. The Bertz CT molecular complexity index is 479. The summed E-state index contributed by atoms with van der Waals surface area (Å²) in [4.78, 5) is 22.9. The SMILES string of the molecule is CC(C)(C)c1cc(NC(=O)C2CNC(=O)CN2)n[nH]1. The average molecular weight is 265 g/mol. The number of hydrogen-bond donors (Lipinski definition) is 4. The molecule has 2 heterocycles. The van der Waals surface area contributed by atoms with Gasteiger partial charge in [0.1, 0.15) is 6.04 Å². The number of aromatic nitrogens is 2. The first-order valence-corrected chi connectivity index (χ1v) is 6.23. The van der Waals surface area contributed by atoms with Crippen molar-refractivity contribution in [2.24, 2.45) is 0 Å². The lowest BCUT2D eigenvalue weighted by Gasteiger charge is -2.22. The third kappa shape index (κ3) is 3.31. The molecular formula is C12H19N5O2. The van der Waals surface area contributed by atoms with E-state index in [1.54, 1.807) is 0 Å². The molecule has 2 rings (SSSR count). The van der Waals surface area contributed by atoms with E-state index in [0.717, 1.165) is 5.69 Å². The van der Waals surface area contributed by atoms with E-state index < -0.39 is 6.04 Å². The maximum atomic E-state index is 12.0. The predicted octanol–water partition coefficient (Wildman–Crippen LogP) is -0.266. The summed E-state index contributed by atoms with van der Waals surface area (Å²) in [7, 11) is 0. The number of carbonyl (C=O) groups excluding carboxylic acids is 2. The standard InChI is InChI=1S/C12H19N5O2/c1-12(2,3)8-4-9(17-16-8)15-11(19)7-5-14-10(18)6-13-7/h4,7,13H,5-6H2,1-3H3,(H,14,18)(H2,15,16,17,19). The molecule has 19 heavy (non-hydrogen) atoms. The molecule has 0 spiro atoms. The molecular weight excluding hydrogens is 246 g/mol. The number of rotatable bonds is 2. The van der Waals surface area contributed by atoms with Crippen LogP contribution < -0.4 is 16.0 Å². The Morgan fingerprint density at radius 3 is 2.74 bits per heavy atom. The van der Waals surface area contributed by atoms with Crippen molar-refractivity contribution >= 4 is 17.6 Å². The average Bonchev–Trinajstić information content (AvgIpc) is 2.78. The third-order valence-corrected chi connectivity index (χ3v) is 2.97. The van der Waals surface area contributed by atoms with Gasteiger partial charge in [-0.3, -0.25) is 20.0 Å². The van der Waals surface area contributed by atoms with Gasteiger partial charge in [-0.05, 0) is 0 Å². The molecule has 1 unspecified atom stereocenters. The van der Waals surface area contributed by atoms with Crippen LogP contribution in [0.1, 0.15) is 26.5 Å². The Hall–Kier alpha value is -1.89. The first-order chi connectivity index (χ1) is 8.86. The number of hydrogen-bond acceptors (Lipinski definition) is 4. The maximum absolute atomic E-state index is 12.0. The van der Waals surface area contributed by atoms with Crippen molar-refractivity contribution in [1.29, 1.82) is 0 Å². The minimum atomic E-state index is -0.424. The first kappa shape index (κ1) is 13.5. The molecule has 7 heteroatoms. The minimum Gasteiger partial charge on any atom is -0.353 e. The molecule has 1 aliphatic heterocycles. The van der Waals surface area contributed by atoms with Gasteiger partial charge in [-0.2, -0.15) is 5.10 Å². The molecule has 1 aliphatic rings. The summed E-state index contributed by atoms with van der Waals surface area (Å²) < 4.78 is 0. The Morgan fingerprint density at radius 2 is 2.21 bits per heavy atom. The number of carbonyl (C=O) groups is 2. The van der Waals surface area contributed by atoms with Crippen LogP contribution in [-0.2, 0) is 15.0 Å². The lowest BCUT2D eigenvalue weighted by molar-refractivity contribution is -0.124. The zero-order chi connectivity index (χ0) is 14.0. The predicted molar refractivity (Wildman–Crippen MR) is 70.7 cm³/mol. The van der Waals surface area contributed by atoms with Gasteiger partial charge >= 0.3 is 0 Å². The van der Waals surface area contributed by atoms with Gasteiger partial charge in [-0.1, -0.05) is 20.8 Å². The van der Waals surface area contributed by atoms with Gasteiger partial charge in [-0.25, -0.2) is 0 Å². The highest BCUT2D eigenvalue weighted by molar-refractivity contribution is 5.95. The zero-order valence-corrected chi connectivity index (χ0v) is 11.3. The van der Waals surface area contributed by atoms with Gasteiger partial charge in [0.25, 0.3) is 0 Å². The van der Waals surface area contributed by atoms with Crippen LogP contribution in [0.15, 0.2) is 6.07 Å². The Balaban J connectivity index is 1.95. The van der Waals surface area contributed by atoms with E-state index in [2.05, 4.69) is 46.9 Å². The quantitative estimate of drug-likeness (QED) is 0.591. The molecule has 0 saturated carbocycles. The molecule has 4 N–H and O–H groups in total. The summed E-state index contributed by atoms with van der Waals surface area (Å²) in [6, 6.07) is 1.40. The number of nitrogens with one attached hydrogen (secondary N) is 4. The second kappa shape index (κ2) is 5.00. The van der Waals surface area contributed by atoms with Crippen LogP contribution in [0.2, 0.25) is 0 Å². The molecule has 7 nitrogen and oxygen atoms in total. The number of amides is 2. The van der Waals surface area contributed by atoms with E-state index in [9.17, 15) is 9.59 Å². The number of piperazine rings is 1. The van der Waals surface area contributed by atoms with Crippen LogP contribution in [-0.4, -0.2) is 41.1 Å². The fourth-order valence-corrected chi connectivity index (χ4v) is 1.74. The highest BCUT2D eigenvalue weighted by Gasteiger charge is 2.25. The van der Waals surface area contributed by atoms with E-state index in [1.807, 2.05) is 6.07 Å². The third-order valence-electron chi connectivity index (χ3n) is 2.97. The van der Waals surface area contributed by atoms with Crippen molar-refractivity contribution in [3.8, 4) is 0 Å². The van der Waals surface area contributed by atoms with E-state index in [4.69, 9.17) is 0 Å². The summed E-state index contributed by atoms with van der Waals surface area (Å²) in [5.41, 5.74) is 0.903. The molecule has 1 aromatic heterocycles. The van der Waals surface area contributed by atoms with Gasteiger partial charge in [0.15, 0.2) is 5.82 Å². The van der Waals surface area contributed by atoms with Gasteiger partial charge in [0, 0.05) is 23.7 Å². The van der Waals surface area contributed by atoms with E-state index in [0.29, 0.717) is 12.4 Å². The van der Waals surface area contributed by atoms with Crippen molar-refractivity contribution in [2.45, 2.75) is 32.2 Å². The van der Waals surface area contributed by atoms with Crippen LogP contribution in [0, 0.1) is 0 Å². The first-order valence-electron chi connectivity index (χ1n) is 6.23. The Morgan fingerprint density at radius 1 is 1.47 bits per heavy atom. The summed E-state index contributed by atoms with van der Waals surface area (Å²) in [5, 5.41) is 15.2. The molecule has 104 valence electrons. The fraction of sp³-hybridized carbons (Fsp3) is 0.583. The molecule has 1 atom stereocenters. The van der Waals surface area contributed by atoms with Crippen molar-refractivity contribution < 1.29 is 9.59 Å². The molecule has 0 aliphatic carbocycles. The second-order valence-electron chi connectivity index (χ2n) is 5.64. The second-order valence-corrected chi connectivity index (χ2v) is 5.64. The monoisotopic (exact) mass is 265 g/mol. The molecule has 0 bridgehead atoms. The molecule has 1 saturated heterocycles. The molecule has 1 fully saturated rings. The van der Waals surface area contributed by atoms with Crippen molar-refractivity contribution in [1.82, 2.24) is 20.8 Å². The van der Waals surface area contributed by atoms with Crippen LogP contribution in [0.5, 0.6) is 0 Å². The largest absolute Gasteiger partial charge is 0.353 e. The summed E-state index contributed by atoms with van der Waals surface area (Å²) in [5.74, 6) is 0.194. The molecule has 0 radical (unpaired) electrons. The van der Waals surface area contributed by atoms with E-state index >= 15 is 0 Å². The number of aromatic amines is 1. The van der Waals surface area contributed by atoms with E-state index in [-0.39, 0.29) is 23.8 Å². The highest BCUT2D eigenvalue weighted by Crippen LogP contribution is 2.21. The van der Waals surface area contributed by atoms with Gasteiger partial charge in [0.05, 0.1) is 6.54 Å². The fourth-order valence-electron chi connectivity index (χ4n) is 1.74. The van der Waals surface area contributed by atoms with Crippen LogP contribution >= 0.6 is 0 Å². The highest BCUT2D eigenvalue weighted by atomic mass is 16.2. The van der Waals surface area contributed by atoms with Gasteiger partial charge < -0.3 is 10.6 Å². The van der Waals surface area contributed by atoms with Crippen LogP contribution in [0.4, 0.5) is 5.82 Å². The normalized spacial score (nSPS) is 19.9. The van der Waals surface area contributed by atoms with Gasteiger partial charge in [-0.15, -0.1) is 0 Å². The van der Waals surface area contributed by atoms with E-state index in [1.165, 1.54) is 0 Å². The Kier molecular flexibility index (Phi) is 3.57. The number of nitrogens with zero attached hydrogens (tertiary/aromatic N) is 1. The van der Waals surface area contributed by atoms with Crippen molar-refractivity contribution in [2.75, 3.05) is 18.4 Å². The zero-order valence-electron chi connectivity index (χ0n) is 11.3. The van der Waals surface area contributed by atoms with Crippen LogP contribution in [0.3, 0.4) is 0 Å². The molecule has 1 aromatic rings. The lowest BCUT2D eigenvalue weighted by atomic mass is 9.92. The van der Waals surface area contributed by atoms with Gasteiger partial charge in [0.2, 0.25) is 11.8 Å². The summed E-state index contributed by atoms with van der Waals surface area (Å²) in [6.45, 7) is 6.63. The lowest BCUT2D eigenvalue weighted by Crippen LogP contribution is -2.56. The number of anilines is 1.